The summed E-state index contributed by atoms with van der Waals surface area (Å²) in [4.78, 5) is 28.3. The lowest BCUT2D eigenvalue weighted by molar-refractivity contribution is -0.121. The van der Waals surface area contributed by atoms with Crippen LogP contribution in [0.2, 0.25) is 5.02 Å². The van der Waals surface area contributed by atoms with Crippen LogP contribution in [0.1, 0.15) is 36.2 Å². The van der Waals surface area contributed by atoms with Crippen LogP contribution in [-0.4, -0.2) is 59.3 Å². The zero-order valence-electron chi connectivity index (χ0n) is 19.4. The number of furan rings is 1. The molecule has 4 N–H and O–H groups in total. The predicted molar refractivity (Wildman–Crippen MR) is 136 cm³/mol. The van der Waals surface area contributed by atoms with E-state index in [4.69, 9.17) is 16.0 Å². The summed E-state index contributed by atoms with van der Waals surface area (Å²) in [6.45, 7) is 1.09. The molecule has 0 bridgehead atoms. The van der Waals surface area contributed by atoms with Gasteiger partial charge < -0.3 is 25.3 Å². The molecule has 0 spiro atoms. The third kappa shape index (κ3) is 6.02. The summed E-state index contributed by atoms with van der Waals surface area (Å²) in [6, 6.07) is 14.2. The fraction of sp³-hybridized carbons (Fsp3) is 0.385. The summed E-state index contributed by atoms with van der Waals surface area (Å²) in [7, 11) is 0. The van der Waals surface area contributed by atoms with Crippen LogP contribution in [0.5, 0.6) is 0 Å². The molecule has 186 valence electrons. The highest BCUT2D eigenvalue weighted by Gasteiger charge is 2.31. The number of carbonyl (C=O) groups is 2. The number of amides is 2. The van der Waals surface area contributed by atoms with Gasteiger partial charge in [-0.3, -0.25) is 14.5 Å². The van der Waals surface area contributed by atoms with Gasteiger partial charge in [0.25, 0.3) is 5.91 Å². The molecule has 0 aliphatic heterocycles. The van der Waals surface area contributed by atoms with Crippen molar-refractivity contribution in [2.45, 2.75) is 31.7 Å². The Kier molecular flexibility index (Phi) is 8.41. The standard InChI is InChI=1S/C26H30ClN3O5/c27-18-7-9-19(10-8-18)28-26(34)24-23(21-3-1-2-4-22(21)35-24)29-25(33)17-5-11-20(12-6-17)30(13-15-31)14-16-32/h1-4,7-10,17,20,31-32H,5-6,11-16H2,(H,28,34)(H,29,33). The highest BCUT2D eigenvalue weighted by molar-refractivity contribution is 6.30. The minimum Gasteiger partial charge on any atom is -0.449 e. The first kappa shape index (κ1) is 25.2. The first-order valence-corrected chi connectivity index (χ1v) is 12.2. The van der Waals surface area contributed by atoms with Gasteiger partial charge in [-0.1, -0.05) is 23.7 Å². The Morgan fingerprint density at radius 3 is 2.26 bits per heavy atom. The van der Waals surface area contributed by atoms with E-state index in [0.717, 1.165) is 12.8 Å². The Morgan fingerprint density at radius 2 is 1.60 bits per heavy atom. The molecule has 0 radical (unpaired) electrons. The van der Waals surface area contributed by atoms with Crippen LogP contribution in [0.15, 0.2) is 52.9 Å². The molecule has 8 nitrogen and oxygen atoms in total. The minimum atomic E-state index is -0.467. The van der Waals surface area contributed by atoms with E-state index in [1.165, 1.54) is 0 Å². The smallest absolute Gasteiger partial charge is 0.293 e. The maximum atomic E-state index is 13.2. The van der Waals surface area contributed by atoms with E-state index in [1.807, 2.05) is 18.2 Å². The summed E-state index contributed by atoms with van der Waals surface area (Å²) >= 11 is 5.93. The third-order valence-electron chi connectivity index (χ3n) is 6.51. The average molecular weight is 500 g/mol. The molecular weight excluding hydrogens is 470 g/mol. The Bertz CT molecular complexity index is 1150. The number of carbonyl (C=O) groups excluding carboxylic acids is 2. The molecule has 1 saturated carbocycles. The molecule has 4 rings (SSSR count). The van der Waals surface area contributed by atoms with Gasteiger partial charge in [-0.25, -0.2) is 0 Å². The highest BCUT2D eigenvalue weighted by atomic mass is 35.5. The second kappa shape index (κ2) is 11.7. The maximum absolute atomic E-state index is 13.2. The number of hydrogen-bond donors (Lipinski definition) is 4. The number of aliphatic hydroxyl groups is 2. The number of halogens is 1. The Labute approximate surface area is 208 Å². The van der Waals surface area contributed by atoms with Crippen molar-refractivity contribution in [3.8, 4) is 0 Å². The lowest BCUT2D eigenvalue weighted by Crippen LogP contribution is -2.42. The number of hydrogen-bond acceptors (Lipinski definition) is 6. The van der Waals surface area contributed by atoms with Gasteiger partial charge in [0.15, 0.2) is 0 Å². The van der Waals surface area contributed by atoms with E-state index < -0.39 is 5.91 Å². The molecule has 1 fully saturated rings. The van der Waals surface area contributed by atoms with Crippen LogP contribution < -0.4 is 10.6 Å². The quantitative estimate of drug-likeness (QED) is 0.352. The SMILES string of the molecule is O=C(Nc1ccc(Cl)cc1)c1oc2ccccc2c1NC(=O)C1CCC(N(CCO)CCO)CC1. The summed E-state index contributed by atoms with van der Waals surface area (Å²) in [5, 5.41) is 25.6. The van der Waals surface area contributed by atoms with Crippen LogP contribution in [0.4, 0.5) is 11.4 Å². The van der Waals surface area contributed by atoms with Gasteiger partial charge >= 0.3 is 0 Å². The molecule has 3 aromatic rings. The molecule has 1 aromatic heterocycles. The largest absolute Gasteiger partial charge is 0.449 e. The number of anilines is 2. The summed E-state index contributed by atoms with van der Waals surface area (Å²) in [6.07, 6.45) is 2.97. The van der Waals surface area contributed by atoms with E-state index in [-0.39, 0.29) is 36.8 Å². The number of fused-ring (bicyclic) bond motifs is 1. The van der Waals surface area contributed by atoms with E-state index >= 15 is 0 Å². The molecule has 1 aliphatic carbocycles. The number of benzene rings is 2. The first-order valence-electron chi connectivity index (χ1n) is 11.8. The van der Waals surface area contributed by atoms with Crippen molar-refractivity contribution in [2.75, 3.05) is 36.9 Å². The Morgan fingerprint density at radius 1 is 0.943 bits per heavy atom. The molecule has 1 aliphatic rings. The van der Waals surface area contributed by atoms with Crippen molar-refractivity contribution in [3.05, 3.63) is 59.3 Å². The summed E-state index contributed by atoms with van der Waals surface area (Å²) in [5.41, 5.74) is 1.43. The van der Waals surface area contributed by atoms with Gasteiger partial charge in [-0.2, -0.15) is 0 Å². The van der Waals surface area contributed by atoms with Crippen molar-refractivity contribution in [3.63, 3.8) is 0 Å². The topological polar surface area (TPSA) is 115 Å². The zero-order valence-corrected chi connectivity index (χ0v) is 20.1. The number of nitrogens with one attached hydrogen (secondary N) is 2. The average Bonchev–Trinajstić information content (AvgIpc) is 3.24. The molecule has 2 amide bonds. The van der Waals surface area contributed by atoms with Gasteiger partial charge in [-0.15, -0.1) is 0 Å². The number of nitrogens with zero attached hydrogens (tertiary/aromatic N) is 1. The second-order valence-electron chi connectivity index (χ2n) is 8.74. The Hall–Kier alpha value is -2.91. The normalized spacial score (nSPS) is 18.1. The molecular formula is C26H30ClN3O5. The number of aliphatic hydroxyl groups excluding tert-OH is 2. The van der Waals surface area contributed by atoms with E-state index in [9.17, 15) is 19.8 Å². The van der Waals surface area contributed by atoms with Crippen LogP contribution in [0.3, 0.4) is 0 Å². The van der Waals surface area contributed by atoms with Gasteiger partial charge in [0, 0.05) is 41.1 Å². The van der Waals surface area contributed by atoms with E-state index in [2.05, 4.69) is 15.5 Å². The molecule has 0 unspecified atom stereocenters. The van der Waals surface area contributed by atoms with Crippen LogP contribution in [0, 0.1) is 5.92 Å². The van der Waals surface area contributed by atoms with E-state index in [0.29, 0.717) is 53.3 Å². The first-order chi connectivity index (χ1) is 17.0. The second-order valence-corrected chi connectivity index (χ2v) is 9.18. The predicted octanol–water partition coefficient (Wildman–Crippen LogP) is 4.12. The van der Waals surface area contributed by atoms with Crippen molar-refractivity contribution in [2.24, 2.45) is 5.92 Å². The molecule has 9 heteroatoms. The lowest BCUT2D eigenvalue weighted by Gasteiger charge is -2.36. The Balaban J connectivity index is 1.48. The molecule has 0 atom stereocenters. The third-order valence-corrected chi connectivity index (χ3v) is 6.76. The van der Waals surface area contributed by atoms with Gasteiger partial charge in [0.2, 0.25) is 11.7 Å². The summed E-state index contributed by atoms with van der Waals surface area (Å²) < 4.78 is 5.84. The maximum Gasteiger partial charge on any atom is 0.293 e. The molecule has 0 saturated heterocycles. The zero-order chi connectivity index (χ0) is 24.8. The minimum absolute atomic E-state index is 0.0365. The van der Waals surface area contributed by atoms with Crippen molar-refractivity contribution >= 4 is 45.8 Å². The van der Waals surface area contributed by atoms with Gasteiger partial charge in [0.05, 0.1) is 13.2 Å². The fourth-order valence-electron chi connectivity index (χ4n) is 4.71. The summed E-state index contributed by atoms with van der Waals surface area (Å²) in [5.74, 6) is -0.768. The van der Waals surface area contributed by atoms with Crippen LogP contribution in [-0.2, 0) is 4.79 Å². The van der Waals surface area contributed by atoms with Crippen molar-refractivity contribution in [1.29, 1.82) is 0 Å². The van der Waals surface area contributed by atoms with Crippen molar-refractivity contribution < 1.29 is 24.2 Å². The fourth-order valence-corrected chi connectivity index (χ4v) is 4.84. The molecule has 1 heterocycles. The lowest BCUT2D eigenvalue weighted by atomic mass is 9.84. The van der Waals surface area contributed by atoms with Crippen LogP contribution >= 0.6 is 11.6 Å². The van der Waals surface area contributed by atoms with Crippen LogP contribution in [0.25, 0.3) is 11.0 Å². The monoisotopic (exact) mass is 499 g/mol. The van der Waals surface area contributed by atoms with Gasteiger partial charge in [0.1, 0.15) is 11.3 Å². The van der Waals surface area contributed by atoms with E-state index in [1.54, 1.807) is 30.3 Å². The molecule has 35 heavy (non-hydrogen) atoms. The number of para-hydroxylation sites is 1. The van der Waals surface area contributed by atoms with Gasteiger partial charge in [-0.05, 0) is 62.1 Å². The van der Waals surface area contributed by atoms with Crippen molar-refractivity contribution in [1.82, 2.24) is 4.90 Å². The highest BCUT2D eigenvalue weighted by Crippen LogP contribution is 2.34. The number of rotatable bonds is 9. The molecule has 2 aromatic carbocycles.